The van der Waals surface area contributed by atoms with Gasteiger partial charge in [-0.25, -0.2) is 8.42 Å². The molecule has 152 valence electrons. The minimum atomic E-state index is -3.79. The highest BCUT2D eigenvalue weighted by Crippen LogP contribution is 2.35. The maximum absolute atomic E-state index is 12.2. The number of hydrogen-bond donors (Lipinski definition) is 1. The van der Waals surface area contributed by atoms with Crippen LogP contribution in [0.2, 0.25) is 15.1 Å². The maximum Gasteiger partial charge on any atom is 0.240 e. The Hall–Kier alpha value is -1.67. The van der Waals surface area contributed by atoms with E-state index >= 15 is 0 Å². The summed E-state index contributed by atoms with van der Waals surface area (Å²) in [6.45, 7) is 1.96. The number of nitrogens with one attached hydrogen (secondary N) is 1. The van der Waals surface area contributed by atoms with Gasteiger partial charge in [0.2, 0.25) is 15.9 Å². The van der Waals surface area contributed by atoms with E-state index in [2.05, 4.69) is 5.32 Å². The summed E-state index contributed by atoms with van der Waals surface area (Å²) in [5.74, 6) is 0.167. The lowest BCUT2D eigenvalue weighted by molar-refractivity contribution is -0.119. The number of benzene rings is 2. The molecule has 0 radical (unpaired) electrons. The Morgan fingerprint density at radius 2 is 1.68 bits per heavy atom. The fourth-order valence-electron chi connectivity index (χ4n) is 2.26. The molecule has 2 aromatic carbocycles. The average molecular weight is 466 g/mol. The lowest BCUT2D eigenvalue weighted by atomic mass is 10.2. The van der Waals surface area contributed by atoms with E-state index in [1.807, 2.05) is 31.2 Å². The van der Waals surface area contributed by atoms with Gasteiger partial charge in [-0.05, 0) is 31.2 Å². The van der Waals surface area contributed by atoms with Gasteiger partial charge in [0.25, 0.3) is 0 Å². The highest BCUT2D eigenvalue weighted by Gasteiger charge is 2.24. The highest BCUT2D eigenvalue weighted by atomic mass is 35.5. The van der Waals surface area contributed by atoms with E-state index < -0.39 is 22.5 Å². The van der Waals surface area contributed by atoms with Crippen molar-refractivity contribution in [2.45, 2.75) is 6.92 Å². The van der Waals surface area contributed by atoms with Crippen LogP contribution in [0.3, 0.4) is 0 Å². The van der Waals surface area contributed by atoms with Gasteiger partial charge in [-0.15, -0.1) is 0 Å². The zero-order valence-corrected chi connectivity index (χ0v) is 18.3. The predicted molar refractivity (Wildman–Crippen MR) is 113 cm³/mol. The molecule has 28 heavy (non-hydrogen) atoms. The zero-order chi connectivity index (χ0) is 20.9. The van der Waals surface area contributed by atoms with Gasteiger partial charge in [0.15, 0.2) is 0 Å². The van der Waals surface area contributed by atoms with E-state index in [0.717, 1.165) is 16.1 Å². The SMILES string of the molecule is Cc1ccc(OCCNC(=O)CN(c2cc(Cl)c(Cl)cc2Cl)S(C)(=O)=O)cc1. The molecule has 0 saturated heterocycles. The van der Waals surface area contributed by atoms with Gasteiger partial charge in [-0.2, -0.15) is 0 Å². The molecule has 2 rings (SSSR count). The van der Waals surface area contributed by atoms with E-state index in [1.54, 1.807) is 0 Å². The van der Waals surface area contributed by atoms with Crippen molar-refractivity contribution in [1.29, 1.82) is 0 Å². The lowest BCUT2D eigenvalue weighted by Crippen LogP contribution is -2.41. The summed E-state index contributed by atoms with van der Waals surface area (Å²) in [5.41, 5.74) is 1.19. The second-order valence-corrected chi connectivity index (χ2v) is 9.13. The minimum Gasteiger partial charge on any atom is -0.492 e. The van der Waals surface area contributed by atoms with Crippen molar-refractivity contribution in [1.82, 2.24) is 5.32 Å². The minimum absolute atomic E-state index is 0.0651. The molecule has 0 bridgehead atoms. The Kier molecular flexibility index (Phi) is 7.83. The van der Waals surface area contributed by atoms with Crippen molar-refractivity contribution in [3.8, 4) is 5.75 Å². The van der Waals surface area contributed by atoms with Crippen molar-refractivity contribution in [2.24, 2.45) is 0 Å². The van der Waals surface area contributed by atoms with Gasteiger partial charge in [-0.1, -0.05) is 52.5 Å². The molecule has 0 aliphatic heterocycles. The number of ether oxygens (including phenoxy) is 1. The van der Waals surface area contributed by atoms with Crippen LogP contribution in [0.5, 0.6) is 5.75 Å². The standard InChI is InChI=1S/C18H19Cl3N2O4S/c1-12-3-5-13(6-4-12)27-8-7-22-18(24)11-23(28(2,25)26)17-10-15(20)14(19)9-16(17)21/h3-6,9-10H,7-8,11H2,1-2H3,(H,22,24). The van der Waals surface area contributed by atoms with Crippen LogP contribution in [0, 0.1) is 6.92 Å². The van der Waals surface area contributed by atoms with Gasteiger partial charge in [0.1, 0.15) is 18.9 Å². The summed E-state index contributed by atoms with van der Waals surface area (Å²) in [6.07, 6.45) is 0.972. The molecule has 1 amide bonds. The van der Waals surface area contributed by atoms with Gasteiger partial charge in [0.05, 0.1) is 33.6 Å². The Morgan fingerprint density at radius 1 is 1.07 bits per heavy atom. The number of carbonyl (C=O) groups is 1. The molecule has 0 unspecified atom stereocenters. The van der Waals surface area contributed by atoms with Gasteiger partial charge >= 0.3 is 0 Å². The second kappa shape index (κ2) is 9.69. The van der Waals surface area contributed by atoms with Crippen LogP contribution in [-0.4, -0.2) is 40.3 Å². The Morgan fingerprint density at radius 3 is 2.29 bits per heavy atom. The third kappa shape index (κ3) is 6.44. The number of amides is 1. The summed E-state index contributed by atoms with van der Waals surface area (Å²) < 4.78 is 30.7. The first-order valence-corrected chi connectivity index (χ1v) is 11.1. The molecule has 0 aliphatic carbocycles. The number of sulfonamides is 1. The van der Waals surface area contributed by atoms with Gasteiger partial charge in [0, 0.05) is 0 Å². The molecule has 1 N–H and O–H groups in total. The van der Waals surface area contributed by atoms with Gasteiger partial charge < -0.3 is 10.1 Å². The summed E-state index contributed by atoms with van der Waals surface area (Å²) in [5, 5.41) is 2.98. The predicted octanol–water partition coefficient (Wildman–Crippen LogP) is 3.92. The largest absolute Gasteiger partial charge is 0.492 e. The van der Waals surface area contributed by atoms with Crippen molar-refractivity contribution >= 4 is 56.4 Å². The molecule has 0 fully saturated rings. The van der Waals surface area contributed by atoms with Crippen LogP contribution < -0.4 is 14.4 Å². The molecule has 0 atom stereocenters. The topological polar surface area (TPSA) is 75.7 Å². The summed E-state index contributed by atoms with van der Waals surface area (Å²) in [6, 6.07) is 10.1. The van der Waals surface area contributed by atoms with E-state index in [-0.39, 0.29) is 33.9 Å². The number of anilines is 1. The highest BCUT2D eigenvalue weighted by molar-refractivity contribution is 7.92. The van der Waals surface area contributed by atoms with Crippen molar-refractivity contribution in [3.63, 3.8) is 0 Å². The number of hydrogen-bond acceptors (Lipinski definition) is 4. The first-order chi connectivity index (χ1) is 13.1. The van der Waals surface area contributed by atoms with E-state index in [9.17, 15) is 13.2 Å². The lowest BCUT2D eigenvalue weighted by Gasteiger charge is -2.23. The molecular formula is C18H19Cl3N2O4S. The van der Waals surface area contributed by atoms with Crippen LogP contribution >= 0.6 is 34.8 Å². The molecule has 10 heteroatoms. The first-order valence-electron chi connectivity index (χ1n) is 8.16. The van der Waals surface area contributed by atoms with Crippen LogP contribution in [0.15, 0.2) is 36.4 Å². The second-order valence-electron chi connectivity index (χ2n) is 6.00. The Bertz CT molecular complexity index is 950. The van der Waals surface area contributed by atoms with Crippen molar-refractivity contribution < 1.29 is 17.9 Å². The van der Waals surface area contributed by atoms with Gasteiger partial charge in [-0.3, -0.25) is 9.10 Å². The zero-order valence-electron chi connectivity index (χ0n) is 15.2. The molecule has 6 nitrogen and oxygen atoms in total. The van der Waals surface area contributed by atoms with E-state index in [0.29, 0.717) is 5.75 Å². The molecule has 0 saturated carbocycles. The van der Waals surface area contributed by atoms with Crippen LogP contribution in [0.25, 0.3) is 0 Å². The number of halogens is 3. The molecule has 0 spiro atoms. The van der Waals surface area contributed by atoms with Crippen molar-refractivity contribution in [3.05, 3.63) is 57.0 Å². The number of carbonyl (C=O) groups excluding carboxylic acids is 1. The first kappa shape index (κ1) is 22.6. The molecular weight excluding hydrogens is 447 g/mol. The average Bonchev–Trinajstić information content (AvgIpc) is 2.61. The molecule has 2 aromatic rings. The third-order valence-electron chi connectivity index (χ3n) is 3.66. The molecule has 0 heterocycles. The molecule has 0 aliphatic rings. The third-order valence-corrected chi connectivity index (χ3v) is 5.81. The summed E-state index contributed by atoms with van der Waals surface area (Å²) in [4.78, 5) is 12.2. The summed E-state index contributed by atoms with van der Waals surface area (Å²) in [7, 11) is -3.79. The smallest absolute Gasteiger partial charge is 0.240 e. The van der Waals surface area contributed by atoms with Crippen molar-refractivity contribution in [2.75, 3.05) is 30.3 Å². The van der Waals surface area contributed by atoms with Crippen LogP contribution in [0.4, 0.5) is 5.69 Å². The fourth-order valence-corrected chi connectivity index (χ4v) is 3.82. The number of aryl methyl sites for hydroxylation is 1. The molecule has 0 aromatic heterocycles. The quantitative estimate of drug-likeness (QED) is 0.474. The monoisotopic (exact) mass is 464 g/mol. The summed E-state index contributed by atoms with van der Waals surface area (Å²) >= 11 is 17.9. The number of rotatable bonds is 8. The van der Waals surface area contributed by atoms with E-state index in [1.165, 1.54) is 12.1 Å². The normalized spacial score (nSPS) is 11.2. The van der Waals surface area contributed by atoms with Crippen LogP contribution in [-0.2, 0) is 14.8 Å². The van der Waals surface area contributed by atoms with Crippen LogP contribution in [0.1, 0.15) is 5.56 Å². The van der Waals surface area contributed by atoms with E-state index in [4.69, 9.17) is 39.5 Å². The maximum atomic E-state index is 12.2. The Labute approximate surface area is 179 Å². The fraction of sp³-hybridized carbons (Fsp3) is 0.278. The Balaban J connectivity index is 1.98. The number of nitrogens with zero attached hydrogens (tertiary/aromatic N) is 1.